The van der Waals surface area contributed by atoms with Crippen LogP contribution in [-0.4, -0.2) is 84.1 Å². The van der Waals surface area contributed by atoms with E-state index in [4.69, 9.17) is 14.6 Å². The van der Waals surface area contributed by atoms with Gasteiger partial charge in [0.1, 0.15) is 23.7 Å². The zero-order valence-corrected chi connectivity index (χ0v) is 15.6. The van der Waals surface area contributed by atoms with Crippen molar-refractivity contribution in [3.05, 3.63) is 0 Å². The van der Waals surface area contributed by atoms with E-state index in [2.05, 4.69) is 0 Å². The molecule has 1 fully saturated rings. The molecule has 0 aliphatic carbocycles. The molecule has 1 N–H and O–H groups in total. The molecule has 1 aliphatic rings. The van der Waals surface area contributed by atoms with Crippen molar-refractivity contribution in [2.75, 3.05) is 27.7 Å². The maximum absolute atomic E-state index is 12.1. The molecule has 0 bridgehead atoms. The van der Waals surface area contributed by atoms with Gasteiger partial charge in [-0.2, -0.15) is 13.2 Å². The predicted molar refractivity (Wildman–Crippen MR) is 81.9 cm³/mol. The second-order valence-electron chi connectivity index (χ2n) is 7.78. The SMILES string of the molecule is CC(C)(C)OC(=O)N1C[C@@H]([N+](C)(C)C)C[C@@H]1C(=O)O.O=C([O-])C(F)(F)F. The highest BCUT2D eigenvalue weighted by atomic mass is 19.4. The van der Waals surface area contributed by atoms with Gasteiger partial charge in [0.25, 0.3) is 0 Å². The summed E-state index contributed by atoms with van der Waals surface area (Å²) < 4.78 is 37.5. The van der Waals surface area contributed by atoms with Crippen molar-refractivity contribution in [1.82, 2.24) is 4.90 Å². The maximum atomic E-state index is 12.1. The van der Waals surface area contributed by atoms with Crippen molar-refractivity contribution < 1.29 is 47.0 Å². The van der Waals surface area contributed by atoms with Crippen LogP contribution in [0.2, 0.25) is 0 Å². The smallest absolute Gasteiger partial charge is 0.430 e. The standard InChI is InChI=1S/C13H24N2O4.C2HF3O2/c1-13(2,3)19-12(18)14-8-9(15(4,5)6)7-10(14)11(16)17;3-2(4,5)1(6)7/h9-10H,7-8H2,1-6H3;(H,6,7)/t9-,10+;/m0./s1. The fourth-order valence-electron chi connectivity index (χ4n) is 2.13. The number of hydrogen-bond donors (Lipinski definition) is 1. The minimum Gasteiger partial charge on any atom is -0.542 e. The summed E-state index contributed by atoms with van der Waals surface area (Å²) in [5, 5.41) is 18.0. The summed E-state index contributed by atoms with van der Waals surface area (Å²) in [6, 6.07) is -0.689. The van der Waals surface area contributed by atoms with E-state index in [0.29, 0.717) is 17.4 Å². The number of nitrogens with zero attached hydrogens (tertiary/aromatic N) is 2. The Labute approximate surface area is 149 Å². The van der Waals surface area contributed by atoms with Gasteiger partial charge in [-0.25, -0.2) is 9.59 Å². The number of quaternary nitrogens is 1. The lowest BCUT2D eigenvalue weighted by Crippen LogP contribution is -2.47. The topological polar surface area (TPSA) is 107 Å². The Morgan fingerprint density at radius 2 is 1.58 bits per heavy atom. The molecular weight excluding hydrogens is 361 g/mol. The minimum absolute atomic E-state index is 0.105. The Balaban J connectivity index is 0.000000758. The summed E-state index contributed by atoms with van der Waals surface area (Å²) in [5.41, 5.74) is -0.616. The molecule has 1 aliphatic heterocycles. The van der Waals surface area contributed by atoms with Crippen molar-refractivity contribution in [3.63, 3.8) is 0 Å². The van der Waals surface area contributed by atoms with Gasteiger partial charge >= 0.3 is 18.2 Å². The van der Waals surface area contributed by atoms with Crippen LogP contribution < -0.4 is 5.11 Å². The fourth-order valence-corrected chi connectivity index (χ4v) is 2.13. The number of likely N-dealkylation sites (N-methyl/N-ethyl adjacent to an activating group) is 1. The van der Waals surface area contributed by atoms with Crippen LogP contribution in [0.1, 0.15) is 27.2 Å². The molecule has 1 rings (SSSR count). The van der Waals surface area contributed by atoms with Gasteiger partial charge in [-0.05, 0) is 20.8 Å². The normalized spacial score (nSPS) is 20.9. The molecule has 2 atom stereocenters. The number of carboxylic acids is 2. The van der Waals surface area contributed by atoms with E-state index < -0.39 is 35.9 Å². The van der Waals surface area contributed by atoms with E-state index in [-0.39, 0.29) is 6.04 Å². The maximum Gasteiger partial charge on any atom is 0.430 e. The Morgan fingerprint density at radius 3 is 1.85 bits per heavy atom. The van der Waals surface area contributed by atoms with Gasteiger partial charge in [0.15, 0.2) is 0 Å². The van der Waals surface area contributed by atoms with Crippen molar-refractivity contribution in [2.45, 2.75) is 51.1 Å². The van der Waals surface area contributed by atoms with Crippen LogP contribution in [0.25, 0.3) is 0 Å². The second-order valence-corrected chi connectivity index (χ2v) is 7.78. The molecular formula is C15H25F3N2O6. The van der Waals surface area contributed by atoms with Gasteiger partial charge in [-0.3, -0.25) is 4.90 Å². The van der Waals surface area contributed by atoms with Gasteiger partial charge in [0.05, 0.1) is 27.7 Å². The first-order valence-corrected chi connectivity index (χ1v) is 7.68. The van der Waals surface area contributed by atoms with E-state index in [0.717, 1.165) is 0 Å². The molecule has 0 radical (unpaired) electrons. The minimum atomic E-state index is -5.19. The van der Waals surface area contributed by atoms with E-state index in [1.807, 2.05) is 21.1 Å². The highest BCUT2D eigenvalue weighted by Gasteiger charge is 2.46. The number of rotatable bonds is 2. The number of halogens is 3. The molecule has 8 nitrogen and oxygen atoms in total. The summed E-state index contributed by atoms with van der Waals surface area (Å²) in [5.74, 6) is -3.98. The van der Waals surface area contributed by atoms with Gasteiger partial charge < -0.3 is 24.2 Å². The Morgan fingerprint density at radius 1 is 1.15 bits per heavy atom. The number of carbonyl (C=O) groups excluding carboxylic acids is 2. The molecule has 0 aromatic carbocycles. The van der Waals surface area contributed by atoms with Crippen LogP contribution in [0.4, 0.5) is 18.0 Å². The molecule has 11 heteroatoms. The molecule has 26 heavy (non-hydrogen) atoms. The van der Waals surface area contributed by atoms with E-state index in [1.54, 1.807) is 20.8 Å². The highest BCUT2D eigenvalue weighted by molar-refractivity contribution is 5.81. The van der Waals surface area contributed by atoms with Gasteiger partial charge in [0.2, 0.25) is 0 Å². The zero-order valence-electron chi connectivity index (χ0n) is 15.6. The van der Waals surface area contributed by atoms with Crippen LogP contribution in [0.5, 0.6) is 0 Å². The van der Waals surface area contributed by atoms with Gasteiger partial charge in [-0.15, -0.1) is 0 Å². The van der Waals surface area contributed by atoms with Gasteiger partial charge in [-0.1, -0.05) is 0 Å². The molecule has 0 spiro atoms. The van der Waals surface area contributed by atoms with E-state index in [1.165, 1.54) is 4.90 Å². The lowest BCUT2D eigenvalue weighted by atomic mass is 10.1. The molecule has 0 unspecified atom stereocenters. The summed E-state index contributed by atoms with van der Waals surface area (Å²) in [7, 11) is 6.01. The Bertz CT molecular complexity index is 537. The lowest BCUT2D eigenvalue weighted by Gasteiger charge is -2.31. The number of ether oxygens (including phenoxy) is 1. The first kappa shape index (κ1) is 24.0. The van der Waals surface area contributed by atoms with Crippen molar-refractivity contribution in [1.29, 1.82) is 0 Å². The number of hydrogen-bond acceptors (Lipinski definition) is 5. The Kier molecular flexibility index (Phi) is 7.47. The third-order valence-corrected chi connectivity index (χ3v) is 3.52. The molecule has 1 saturated heterocycles. The number of carboxylic acid groups (broad SMARTS) is 2. The number of likely N-dealkylation sites (tertiary alicyclic amines) is 1. The average Bonchev–Trinajstić information content (AvgIpc) is 2.80. The van der Waals surface area contributed by atoms with Crippen molar-refractivity contribution in [3.8, 4) is 0 Å². The number of aliphatic carboxylic acids is 2. The number of alkyl halides is 3. The van der Waals surface area contributed by atoms with E-state index >= 15 is 0 Å². The summed E-state index contributed by atoms with van der Waals surface area (Å²) in [4.78, 5) is 33.5. The largest absolute Gasteiger partial charge is 0.542 e. The quantitative estimate of drug-likeness (QED) is 0.691. The first-order chi connectivity index (χ1) is 11.4. The monoisotopic (exact) mass is 386 g/mol. The first-order valence-electron chi connectivity index (χ1n) is 7.68. The molecule has 0 aromatic heterocycles. The summed E-state index contributed by atoms with van der Waals surface area (Å²) in [6.45, 7) is 5.73. The summed E-state index contributed by atoms with van der Waals surface area (Å²) >= 11 is 0. The molecule has 0 saturated carbocycles. The summed E-state index contributed by atoms with van der Waals surface area (Å²) in [6.07, 6.45) is -5.28. The van der Waals surface area contributed by atoms with Crippen LogP contribution in [0.3, 0.4) is 0 Å². The predicted octanol–water partition coefficient (Wildman–Crippen LogP) is 0.454. The van der Waals surface area contributed by atoms with Crippen LogP contribution >= 0.6 is 0 Å². The molecule has 1 amide bonds. The Hall–Kier alpha value is -2.04. The molecule has 1 heterocycles. The van der Waals surface area contributed by atoms with Crippen LogP contribution in [-0.2, 0) is 14.3 Å². The highest BCUT2D eigenvalue weighted by Crippen LogP contribution is 2.26. The fraction of sp³-hybridized carbons (Fsp3) is 0.800. The third kappa shape index (κ3) is 7.89. The molecule has 152 valence electrons. The average molecular weight is 386 g/mol. The lowest BCUT2D eigenvalue weighted by molar-refractivity contribution is -0.893. The van der Waals surface area contributed by atoms with Crippen molar-refractivity contribution in [2.24, 2.45) is 0 Å². The number of amides is 1. The van der Waals surface area contributed by atoms with Crippen molar-refractivity contribution >= 4 is 18.0 Å². The van der Waals surface area contributed by atoms with E-state index in [9.17, 15) is 27.9 Å². The zero-order chi connectivity index (χ0) is 21.1. The van der Waals surface area contributed by atoms with Crippen LogP contribution in [0, 0.1) is 0 Å². The molecule has 0 aromatic rings. The number of carbonyl (C=O) groups is 3. The second kappa shape index (κ2) is 8.11. The van der Waals surface area contributed by atoms with Gasteiger partial charge in [0, 0.05) is 6.42 Å². The third-order valence-electron chi connectivity index (χ3n) is 3.52. The van der Waals surface area contributed by atoms with Crippen LogP contribution in [0.15, 0.2) is 0 Å².